The number of hydrogen-bond donors (Lipinski definition) is 0. The molecule has 0 N–H and O–H groups in total. The Morgan fingerprint density at radius 1 is 1.35 bits per heavy atom. The van der Waals surface area contributed by atoms with Crippen LogP contribution < -0.4 is 4.90 Å². The second-order valence-electron chi connectivity index (χ2n) is 3.53. The summed E-state index contributed by atoms with van der Waals surface area (Å²) in [5.74, 6) is -1.77. The van der Waals surface area contributed by atoms with Crippen molar-refractivity contribution in [2.75, 3.05) is 19.1 Å². The first-order chi connectivity index (χ1) is 7.97. The zero-order valence-electron chi connectivity index (χ0n) is 9.11. The van der Waals surface area contributed by atoms with E-state index in [1.807, 2.05) is 0 Å². The maximum Gasteiger partial charge on any atom is 0.339 e. The van der Waals surface area contributed by atoms with Gasteiger partial charge in [0.2, 0.25) is 0 Å². The second kappa shape index (κ2) is 3.96. The number of methoxy groups -OCH3 is 1. The molecule has 1 heterocycles. The molecule has 0 spiro atoms. The molecule has 0 atom stereocenters. The Hall–Kier alpha value is -1.69. The fraction of sp³-hybridized carbons (Fsp3) is 0.182. The zero-order chi connectivity index (χ0) is 12.7. The number of Topliss-reactive ketones (excluding diaryl/α,β-unsaturated/α-hetero) is 1. The van der Waals surface area contributed by atoms with Gasteiger partial charge in [-0.05, 0) is 28.1 Å². The Balaban J connectivity index is 2.63. The number of carbonyl (C=O) groups excluding carboxylic acids is 3. The number of likely N-dealkylation sites (N-methyl/N-ethyl adjacent to an activating group) is 1. The average molecular weight is 298 g/mol. The number of ether oxygens (including phenoxy) is 1. The predicted molar refractivity (Wildman–Crippen MR) is 63.2 cm³/mol. The molecule has 1 aromatic rings. The number of benzene rings is 1. The minimum Gasteiger partial charge on any atom is -0.465 e. The Bertz CT molecular complexity index is 553. The maximum absolute atomic E-state index is 11.6. The first-order valence-electron chi connectivity index (χ1n) is 4.71. The van der Waals surface area contributed by atoms with Crippen LogP contribution in [0.1, 0.15) is 20.7 Å². The Labute approximate surface area is 105 Å². The molecule has 88 valence electrons. The molecule has 0 fully saturated rings. The van der Waals surface area contributed by atoms with E-state index in [4.69, 9.17) is 0 Å². The molecule has 1 amide bonds. The highest BCUT2D eigenvalue weighted by atomic mass is 79.9. The van der Waals surface area contributed by atoms with Crippen molar-refractivity contribution >= 4 is 39.3 Å². The number of anilines is 1. The number of amides is 1. The molecule has 0 saturated heterocycles. The van der Waals surface area contributed by atoms with Crippen LogP contribution in [0.3, 0.4) is 0 Å². The number of halogens is 1. The lowest BCUT2D eigenvalue weighted by atomic mass is 10.1. The molecule has 1 aliphatic heterocycles. The summed E-state index contributed by atoms with van der Waals surface area (Å²) in [5, 5.41) is 0. The Morgan fingerprint density at radius 2 is 2.00 bits per heavy atom. The first kappa shape index (κ1) is 11.8. The lowest BCUT2D eigenvalue weighted by Crippen LogP contribution is -2.24. The van der Waals surface area contributed by atoms with Crippen molar-refractivity contribution in [2.45, 2.75) is 0 Å². The van der Waals surface area contributed by atoms with Crippen LogP contribution in [0.2, 0.25) is 0 Å². The molecule has 1 aromatic carbocycles. The summed E-state index contributed by atoms with van der Waals surface area (Å²) in [6.45, 7) is 0. The van der Waals surface area contributed by atoms with Gasteiger partial charge < -0.3 is 9.64 Å². The van der Waals surface area contributed by atoms with Crippen LogP contribution in [-0.2, 0) is 9.53 Å². The van der Waals surface area contributed by atoms with E-state index in [2.05, 4.69) is 20.7 Å². The lowest BCUT2D eigenvalue weighted by molar-refractivity contribution is -0.114. The van der Waals surface area contributed by atoms with Crippen molar-refractivity contribution in [1.82, 2.24) is 0 Å². The highest BCUT2D eigenvalue weighted by Gasteiger charge is 2.34. The topological polar surface area (TPSA) is 63.7 Å². The highest BCUT2D eigenvalue weighted by molar-refractivity contribution is 9.10. The summed E-state index contributed by atoms with van der Waals surface area (Å²) in [7, 11) is 2.76. The molecule has 1 aliphatic rings. The molecule has 0 unspecified atom stereocenters. The lowest BCUT2D eigenvalue weighted by Gasteiger charge is -2.10. The first-order valence-corrected chi connectivity index (χ1v) is 5.51. The van der Waals surface area contributed by atoms with Crippen LogP contribution in [-0.4, -0.2) is 31.8 Å². The van der Waals surface area contributed by atoms with Crippen molar-refractivity contribution in [1.29, 1.82) is 0 Å². The Morgan fingerprint density at radius 3 is 2.59 bits per heavy atom. The quantitative estimate of drug-likeness (QED) is 0.580. The zero-order valence-corrected chi connectivity index (χ0v) is 10.7. The summed E-state index contributed by atoms with van der Waals surface area (Å²) in [6.07, 6.45) is 0. The van der Waals surface area contributed by atoms with E-state index in [9.17, 15) is 14.4 Å². The van der Waals surface area contributed by atoms with E-state index in [-0.39, 0.29) is 11.1 Å². The van der Waals surface area contributed by atoms with Crippen molar-refractivity contribution in [2.24, 2.45) is 0 Å². The highest BCUT2D eigenvalue weighted by Crippen LogP contribution is 2.33. The molecule has 5 nitrogen and oxygen atoms in total. The largest absolute Gasteiger partial charge is 0.465 e. The van der Waals surface area contributed by atoms with Gasteiger partial charge in [0.1, 0.15) is 0 Å². The third-order valence-electron chi connectivity index (χ3n) is 2.60. The minimum atomic E-state index is -0.611. The van der Waals surface area contributed by atoms with Gasteiger partial charge in [0.05, 0.1) is 23.9 Å². The molecule has 0 saturated carbocycles. The maximum atomic E-state index is 11.6. The van der Waals surface area contributed by atoms with Gasteiger partial charge in [0.15, 0.2) is 0 Å². The summed E-state index contributed by atoms with van der Waals surface area (Å²) >= 11 is 3.21. The standard InChI is InChI=1S/C11H8BrNO4/c1-13-8-4-7(12)5(11(16)17-2)3-6(8)9(14)10(13)15/h3-4H,1-2H3. The average Bonchev–Trinajstić information content (AvgIpc) is 2.53. The van der Waals surface area contributed by atoms with E-state index in [1.54, 1.807) is 6.07 Å². The van der Waals surface area contributed by atoms with Gasteiger partial charge in [-0.2, -0.15) is 0 Å². The van der Waals surface area contributed by atoms with Crippen LogP contribution in [0.5, 0.6) is 0 Å². The van der Waals surface area contributed by atoms with E-state index in [1.165, 1.54) is 25.1 Å². The molecule has 2 rings (SSSR count). The third kappa shape index (κ3) is 1.64. The fourth-order valence-electron chi connectivity index (χ4n) is 1.67. The summed E-state index contributed by atoms with van der Waals surface area (Å²) in [4.78, 5) is 35.8. The molecule has 0 aromatic heterocycles. The normalized spacial score (nSPS) is 13.9. The number of rotatable bonds is 1. The van der Waals surface area contributed by atoms with Gasteiger partial charge in [-0.1, -0.05) is 0 Å². The molecule has 17 heavy (non-hydrogen) atoms. The van der Waals surface area contributed by atoms with Gasteiger partial charge in [0, 0.05) is 11.5 Å². The molecule has 0 aliphatic carbocycles. The van der Waals surface area contributed by atoms with Crippen molar-refractivity contribution in [3.8, 4) is 0 Å². The number of hydrogen-bond acceptors (Lipinski definition) is 4. The van der Waals surface area contributed by atoms with Gasteiger partial charge in [-0.25, -0.2) is 4.79 Å². The van der Waals surface area contributed by atoms with E-state index >= 15 is 0 Å². The van der Waals surface area contributed by atoms with Gasteiger partial charge in [0.25, 0.3) is 11.7 Å². The summed E-state index contributed by atoms with van der Waals surface area (Å²) < 4.78 is 5.07. The number of carbonyl (C=O) groups is 3. The molecular formula is C11H8BrNO4. The van der Waals surface area contributed by atoms with Crippen LogP contribution in [0, 0.1) is 0 Å². The number of esters is 1. The molecular weight excluding hydrogens is 290 g/mol. The van der Waals surface area contributed by atoms with E-state index < -0.39 is 17.7 Å². The third-order valence-corrected chi connectivity index (χ3v) is 3.25. The van der Waals surface area contributed by atoms with E-state index in [0.29, 0.717) is 10.2 Å². The number of nitrogens with zero attached hydrogens (tertiary/aromatic N) is 1. The monoisotopic (exact) mass is 297 g/mol. The van der Waals surface area contributed by atoms with Crippen molar-refractivity contribution in [3.63, 3.8) is 0 Å². The summed E-state index contributed by atoms with van der Waals surface area (Å²) in [5.41, 5.74) is 0.934. The van der Waals surface area contributed by atoms with Gasteiger partial charge in [-0.3, -0.25) is 9.59 Å². The predicted octanol–water partition coefficient (Wildman–Crippen LogP) is 1.39. The van der Waals surface area contributed by atoms with Crippen molar-refractivity contribution < 1.29 is 19.1 Å². The molecule has 0 radical (unpaired) electrons. The van der Waals surface area contributed by atoms with Gasteiger partial charge >= 0.3 is 5.97 Å². The SMILES string of the molecule is COC(=O)c1cc2c(cc1Br)N(C)C(=O)C2=O. The van der Waals surface area contributed by atoms with E-state index in [0.717, 1.165) is 0 Å². The minimum absolute atomic E-state index is 0.223. The number of ketones is 1. The molecule has 6 heteroatoms. The van der Waals surface area contributed by atoms with Crippen LogP contribution >= 0.6 is 15.9 Å². The van der Waals surface area contributed by atoms with Crippen LogP contribution in [0.15, 0.2) is 16.6 Å². The Kier molecular flexibility index (Phi) is 2.74. The summed E-state index contributed by atoms with van der Waals surface area (Å²) in [6, 6.07) is 2.93. The number of fused-ring (bicyclic) bond motifs is 1. The second-order valence-corrected chi connectivity index (χ2v) is 4.39. The van der Waals surface area contributed by atoms with Crippen molar-refractivity contribution in [3.05, 3.63) is 27.7 Å². The fourth-order valence-corrected chi connectivity index (χ4v) is 2.16. The molecule has 0 bridgehead atoms. The van der Waals surface area contributed by atoms with Crippen LogP contribution in [0.25, 0.3) is 0 Å². The smallest absolute Gasteiger partial charge is 0.339 e. The van der Waals surface area contributed by atoms with Crippen LogP contribution in [0.4, 0.5) is 5.69 Å². The van der Waals surface area contributed by atoms with Gasteiger partial charge in [-0.15, -0.1) is 0 Å².